The molecule has 0 bridgehead atoms. The molecule has 1 heterocycles. The minimum Gasteiger partial charge on any atom is -0.493 e. The number of aryl methyl sites for hydroxylation is 1. The van der Waals surface area contributed by atoms with Gasteiger partial charge in [-0.2, -0.15) is 0 Å². The fourth-order valence-electron chi connectivity index (χ4n) is 3.31. The summed E-state index contributed by atoms with van der Waals surface area (Å²) in [5.41, 5.74) is 1.35. The molecule has 176 valence electrons. The van der Waals surface area contributed by atoms with E-state index < -0.39 is 0 Å². The molecule has 0 aliphatic heterocycles. The Labute approximate surface area is 202 Å². The van der Waals surface area contributed by atoms with Gasteiger partial charge in [0.25, 0.3) is 5.56 Å². The van der Waals surface area contributed by atoms with Crippen molar-refractivity contribution in [2.75, 3.05) is 26.5 Å². The number of unbranched alkanes of at least 4 members (excludes halogenated alkanes) is 1. The number of fused-ring (bicyclic) bond motifs is 1. The number of hydrogen-bond acceptors (Lipinski definition) is 6. The second-order valence-corrected chi connectivity index (χ2v) is 8.82. The Bertz CT molecular complexity index is 1170. The van der Waals surface area contributed by atoms with Gasteiger partial charge < -0.3 is 14.8 Å². The molecule has 0 aliphatic rings. The normalized spacial score (nSPS) is 10.9. The number of rotatable bonds is 11. The lowest BCUT2D eigenvalue weighted by atomic mass is 10.1. The molecule has 9 heteroatoms. The molecule has 3 rings (SSSR count). The standard InChI is InChI=1S/C24H28ClN3O4S/c1-4-5-11-26-22(29)15-33-24-27-19-14-21(32-3)20(31-2)13-18(19)23(30)28(24)12-10-16-6-8-17(25)9-7-16/h6-9,13-14H,4-5,10-12,15H2,1-3H3,(H,26,29). The zero-order valence-electron chi connectivity index (χ0n) is 19.0. The van der Waals surface area contributed by atoms with E-state index in [0.29, 0.717) is 52.1 Å². The summed E-state index contributed by atoms with van der Waals surface area (Å²) >= 11 is 7.24. The molecular formula is C24H28ClN3O4S. The smallest absolute Gasteiger partial charge is 0.262 e. The van der Waals surface area contributed by atoms with E-state index >= 15 is 0 Å². The van der Waals surface area contributed by atoms with E-state index in [1.165, 1.54) is 26.0 Å². The van der Waals surface area contributed by atoms with Gasteiger partial charge in [0.15, 0.2) is 16.7 Å². The fraction of sp³-hybridized carbons (Fsp3) is 0.375. The molecular weight excluding hydrogens is 462 g/mol. The van der Waals surface area contributed by atoms with Gasteiger partial charge in [-0.15, -0.1) is 0 Å². The van der Waals surface area contributed by atoms with Crippen molar-refractivity contribution >= 4 is 40.2 Å². The van der Waals surface area contributed by atoms with Crippen molar-refractivity contribution in [1.82, 2.24) is 14.9 Å². The highest BCUT2D eigenvalue weighted by atomic mass is 35.5. The van der Waals surface area contributed by atoms with Crippen LogP contribution in [0.5, 0.6) is 11.5 Å². The van der Waals surface area contributed by atoms with E-state index in [2.05, 4.69) is 12.2 Å². The van der Waals surface area contributed by atoms with Crippen LogP contribution in [0.2, 0.25) is 5.02 Å². The van der Waals surface area contributed by atoms with Crippen LogP contribution in [-0.2, 0) is 17.8 Å². The second-order valence-electron chi connectivity index (χ2n) is 7.44. The Morgan fingerprint density at radius 1 is 1.15 bits per heavy atom. The summed E-state index contributed by atoms with van der Waals surface area (Å²) in [5.74, 6) is 1.04. The van der Waals surface area contributed by atoms with Crippen LogP contribution in [0.1, 0.15) is 25.3 Å². The Morgan fingerprint density at radius 3 is 2.52 bits per heavy atom. The van der Waals surface area contributed by atoms with Gasteiger partial charge in [-0.25, -0.2) is 4.98 Å². The van der Waals surface area contributed by atoms with E-state index in [4.69, 9.17) is 26.1 Å². The minimum atomic E-state index is -0.191. The first-order valence-corrected chi connectivity index (χ1v) is 12.1. The third-order valence-electron chi connectivity index (χ3n) is 5.15. The number of thioether (sulfide) groups is 1. The number of amides is 1. The van der Waals surface area contributed by atoms with Crippen molar-refractivity contribution in [3.05, 3.63) is 57.3 Å². The highest BCUT2D eigenvalue weighted by molar-refractivity contribution is 7.99. The molecule has 0 unspecified atom stereocenters. The maximum atomic E-state index is 13.4. The topological polar surface area (TPSA) is 82.5 Å². The zero-order valence-corrected chi connectivity index (χ0v) is 20.6. The molecule has 0 saturated heterocycles. The van der Waals surface area contributed by atoms with Crippen LogP contribution in [0.25, 0.3) is 10.9 Å². The van der Waals surface area contributed by atoms with Crippen molar-refractivity contribution in [3.63, 3.8) is 0 Å². The van der Waals surface area contributed by atoms with Gasteiger partial charge in [0, 0.05) is 24.2 Å². The third kappa shape index (κ3) is 6.42. The molecule has 0 fully saturated rings. The molecule has 0 aliphatic carbocycles. The number of hydrogen-bond donors (Lipinski definition) is 1. The number of methoxy groups -OCH3 is 2. The number of benzene rings is 2. The summed E-state index contributed by atoms with van der Waals surface area (Å²) in [4.78, 5) is 30.4. The van der Waals surface area contributed by atoms with Gasteiger partial charge in [-0.05, 0) is 36.6 Å². The van der Waals surface area contributed by atoms with Crippen LogP contribution in [-0.4, -0.2) is 42.0 Å². The molecule has 3 aromatic rings. The maximum Gasteiger partial charge on any atom is 0.262 e. The number of nitrogens with one attached hydrogen (secondary N) is 1. The summed E-state index contributed by atoms with van der Waals surface area (Å²) in [7, 11) is 3.06. The Kier molecular flexibility index (Phi) is 9.03. The maximum absolute atomic E-state index is 13.4. The minimum absolute atomic E-state index is 0.0839. The zero-order chi connectivity index (χ0) is 23.8. The summed E-state index contributed by atoms with van der Waals surface area (Å²) in [6.07, 6.45) is 2.56. The van der Waals surface area contributed by atoms with Gasteiger partial charge in [-0.3, -0.25) is 14.2 Å². The van der Waals surface area contributed by atoms with Crippen LogP contribution in [0.3, 0.4) is 0 Å². The predicted octanol–water partition coefficient (Wildman–Crippen LogP) is 4.32. The largest absolute Gasteiger partial charge is 0.493 e. The molecule has 7 nitrogen and oxygen atoms in total. The Morgan fingerprint density at radius 2 is 1.85 bits per heavy atom. The van der Waals surface area contributed by atoms with Crippen molar-refractivity contribution in [3.8, 4) is 11.5 Å². The van der Waals surface area contributed by atoms with Gasteiger partial charge in [-0.1, -0.05) is 48.8 Å². The van der Waals surface area contributed by atoms with Crippen LogP contribution < -0.4 is 20.3 Å². The van der Waals surface area contributed by atoms with Crippen molar-refractivity contribution in [1.29, 1.82) is 0 Å². The summed E-state index contributed by atoms with van der Waals surface area (Å²) in [6.45, 7) is 3.13. The lowest BCUT2D eigenvalue weighted by molar-refractivity contribution is -0.118. The summed E-state index contributed by atoms with van der Waals surface area (Å²) in [5, 5.41) is 4.48. The molecule has 33 heavy (non-hydrogen) atoms. The third-order valence-corrected chi connectivity index (χ3v) is 6.38. The number of halogens is 1. The van der Waals surface area contributed by atoms with Crippen molar-refractivity contribution in [2.24, 2.45) is 0 Å². The Balaban J connectivity index is 1.95. The molecule has 0 spiro atoms. The van der Waals surface area contributed by atoms with Gasteiger partial charge in [0.2, 0.25) is 5.91 Å². The molecule has 2 aromatic carbocycles. The van der Waals surface area contributed by atoms with E-state index in [1.807, 2.05) is 24.3 Å². The molecule has 1 N–H and O–H groups in total. The first kappa shape index (κ1) is 24.9. The van der Waals surface area contributed by atoms with E-state index in [9.17, 15) is 9.59 Å². The van der Waals surface area contributed by atoms with Crippen molar-refractivity contribution < 1.29 is 14.3 Å². The summed E-state index contributed by atoms with van der Waals surface area (Å²) < 4.78 is 12.3. The number of carbonyl (C=O) groups excluding carboxylic acids is 1. The number of aromatic nitrogens is 2. The van der Waals surface area contributed by atoms with Gasteiger partial charge in [0.1, 0.15) is 0 Å². The van der Waals surface area contributed by atoms with Crippen LogP contribution in [0, 0.1) is 0 Å². The molecule has 1 amide bonds. The van der Waals surface area contributed by atoms with Crippen LogP contribution in [0.4, 0.5) is 0 Å². The number of ether oxygens (including phenoxy) is 2. The highest BCUT2D eigenvalue weighted by Gasteiger charge is 2.16. The predicted molar refractivity (Wildman–Crippen MR) is 133 cm³/mol. The van der Waals surface area contributed by atoms with E-state index in [0.717, 1.165) is 18.4 Å². The van der Waals surface area contributed by atoms with Gasteiger partial charge in [0.05, 0.1) is 30.9 Å². The lowest BCUT2D eigenvalue weighted by Crippen LogP contribution is -2.28. The summed E-state index contributed by atoms with van der Waals surface area (Å²) in [6, 6.07) is 10.9. The van der Waals surface area contributed by atoms with Crippen LogP contribution >= 0.6 is 23.4 Å². The average molecular weight is 490 g/mol. The second kappa shape index (κ2) is 12.0. The van der Waals surface area contributed by atoms with E-state index in [1.54, 1.807) is 16.7 Å². The highest BCUT2D eigenvalue weighted by Crippen LogP contribution is 2.31. The molecule has 1 aromatic heterocycles. The number of carbonyl (C=O) groups is 1. The number of nitrogens with zero attached hydrogens (tertiary/aromatic N) is 2. The average Bonchev–Trinajstić information content (AvgIpc) is 2.82. The SMILES string of the molecule is CCCCNC(=O)CSc1nc2cc(OC)c(OC)cc2c(=O)n1CCc1ccc(Cl)cc1. The van der Waals surface area contributed by atoms with Crippen molar-refractivity contribution in [2.45, 2.75) is 37.9 Å². The Hall–Kier alpha value is -2.71. The molecule has 0 saturated carbocycles. The molecule has 0 radical (unpaired) electrons. The quantitative estimate of drug-likeness (QED) is 0.245. The first-order chi connectivity index (χ1) is 16.0. The lowest BCUT2D eigenvalue weighted by Gasteiger charge is -2.15. The van der Waals surface area contributed by atoms with Crippen LogP contribution in [0.15, 0.2) is 46.3 Å². The van der Waals surface area contributed by atoms with E-state index in [-0.39, 0.29) is 17.2 Å². The monoisotopic (exact) mass is 489 g/mol. The van der Waals surface area contributed by atoms with Gasteiger partial charge >= 0.3 is 0 Å². The fourth-order valence-corrected chi connectivity index (χ4v) is 4.29. The first-order valence-electron chi connectivity index (χ1n) is 10.8. The molecule has 0 atom stereocenters.